The molecule has 2 aromatic rings. The van der Waals surface area contributed by atoms with Gasteiger partial charge in [-0.25, -0.2) is 0 Å². The maximum absolute atomic E-state index is 12.6. The summed E-state index contributed by atoms with van der Waals surface area (Å²) in [6.07, 6.45) is 1.72. The van der Waals surface area contributed by atoms with Crippen molar-refractivity contribution >= 4 is 17.6 Å². The monoisotopic (exact) mass is 392 g/mol. The van der Waals surface area contributed by atoms with Crippen LogP contribution in [0.5, 0.6) is 0 Å². The number of nitrogens with zero attached hydrogens (tertiary/aromatic N) is 1. The maximum atomic E-state index is 12.6. The van der Waals surface area contributed by atoms with E-state index in [2.05, 4.69) is 5.32 Å². The number of hydrogen-bond donors (Lipinski definition) is 1. The van der Waals surface area contributed by atoms with Crippen LogP contribution < -0.4 is 5.32 Å². The first kappa shape index (κ1) is 20.8. The third-order valence-corrected chi connectivity index (χ3v) is 5.38. The lowest BCUT2D eigenvalue weighted by Crippen LogP contribution is -2.38. The van der Waals surface area contributed by atoms with Gasteiger partial charge in [0.25, 0.3) is 0 Å². The van der Waals surface area contributed by atoms with Crippen molar-refractivity contribution in [1.82, 2.24) is 10.2 Å². The van der Waals surface area contributed by atoms with E-state index in [1.807, 2.05) is 62.4 Å². The Morgan fingerprint density at radius 1 is 1.07 bits per heavy atom. The SMILES string of the molecule is Cc1ccc(C)c(C(=O)CCC(=O)NC(CN2CCCC2=O)c2ccccc2)c1. The van der Waals surface area contributed by atoms with Crippen molar-refractivity contribution in [3.63, 3.8) is 0 Å². The van der Waals surface area contributed by atoms with Gasteiger partial charge in [-0.2, -0.15) is 0 Å². The van der Waals surface area contributed by atoms with E-state index in [1.165, 1.54) is 0 Å². The third kappa shape index (κ3) is 5.53. The highest BCUT2D eigenvalue weighted by molar-refractivity contribution is 5.99. The van der Waals surface area contributed by atoms with Crippen molar-refractivity contribution < 1.29 is 14.4 Å². The molecule has 1 saturated heterocycles. The van der Waals surface area contributed by atoms with Gasteiger partial charge in [0.2, 0.25) is 11.8 Å². The fraction of sp³-hybridized carbons (Fsp3) is 0.375. The lowest BCUT2D eigenvalue weighted by molar-refractivity contribution is -0.129. The number of rotatable bonds is 8. The highest BCUT2D eigenvalue weighted by atomic mass is 16.2. The van der Waals surface area contributed by atoms with Crippen molar-refractivity contribution in [1.29, 1.82) is 0 Å². The molecule has 1 aliphatic heterocycles. The molecule has 0 aromatic heterocycles. The summed E-state index contributed by atoms with van der Waals surface area (Å²) in [7, 11) is 0. The summed E-state index contributed by atoms with van der Waals surface area (Å²) < 4.78 is 0. The Morgan fingerprint density at radius 3 is 2.52 bits per heavy atom. The van der Waals surface area contributed by atoms with Crippen LogP contribution in [0.2, 0.25) is 0 Å². The number of Topliss-reactive ketones (excluding diaryl/α,β-unsaturated/α-hetero) is 1. The predicted molar refractivity (Wildman–Crippen MR) is 113 cm³/mol. The molecular weight excluding hydrogens is 364 g/mol. The lowest BCUT2D eigenvalue weighted by atomic mass is 9.99. The highest BCUT2D eigenvalue weighted by Gasteiger charge is 2.25. The Kier molecular flexibility index (Phi) is 6.81. The quantitative estimate of drug-likeness (QED) is 0.696. The summed E-state index contributed by atoms with van der Waals surface area (Å²) >= 11 is 0. The predicted octanol–water partition coefficient (Wildman–Crippen LogP) is 3.75. The first-order valence-electron chi connectivity index (χ1n) is 10.2. The van der Waals surface area contributed by atoms with Crippen LogP contribution in [0.25, 0.3) is 0 Å². The van der Waals surface area contributed by atoms with Gasteiger partial charge in [0, 0.05) is 37.9 Å². The van der Waals surface area contributed by atoms with Crippen LogP contribution in [-0.2, 0) is 9.59 Å². The lowest BCUT2D eigenvalue weighted by Gasteiger charge is -2.25. The van der Waals surface area contributed by atoms with E-state index >= 15 is 0 Å². The molecule has 5 heteroatoms. The van der Waals surface area contributed by atoms with E-state index in [9.17, 15) is 14.4 Å². The molecule has 0 bridgehead atoms. The van der Waals surface area contributed by atoms with Crippen LogP contribution in [0.4, 0.5) is 0 Å². The molecule has 0 aliphatic carbocycles. The summed E-state index contributed by atoms with van der Waals surface area (Å²) in [5.41, 5.74) is 3.60. The Labute approximate surface area is 172 Å². The van der Waals surface area contributed by atoms with E-state index < -0.39 is 0 Å². The average Bonchev–Trinajstić information content (AvgIpc) is 3.12. The second kappa shape index (κ2) is 9.50. The molecule has 1 heterocycles. The molecule has 5 nitrogen and oxygen atoms in total. The van der Waals surface area contributed by atoms with Crippen LogP contribution >= 0.6 is 0 Å². The van der Waals surface area contributed by atoms with Gasteiger partial charge in [-0.3, -0.25) is 14.4 Å². The van der Waals surface area contributed by atoms with Gasteiger partial charge in [0.15, 0.2) is 5.78 Å². The standard InChI is InChI=1S/C24H28N2O3/c1-17-10-11-18(2)20(15-17)22(27)12-13-23(28)25-21(19-7-4-3-5-8-19)16-26-14-6-9-24(26)29/h3-5,7-8,10-11,15,21H,6,9,12-14,16H2,1-2H3,(H,25,28). The summed E-state index contributed by atoms with van der Waals surface area (Å²) in [5, 5.41) is 3.03. The summed E-state index contributed by atoms with van der Waals surface area (Å²) in [5.74, 6) is -0.0678. The topological polar surface area (TPSA) is 66.5 Å². The van der Waals surface area contributed by atoms with Crippen LogP contribution in [0.15, 0.2) is 48.5 Å². The van der Waals surface area contributed by atoms with Crippen LogP contribution in [0, 0.1) is 13.8 Å². The number of carbonyl (C=O) groups excluding carboxylic acids is 3. The molecular formula is C24H28N2O3. The number of nitrogens with one attached hydrogen (secondary N) is 1. The number of likely N-dealkylation sites (tertiary alicyclic amines) is 1. The zero-order chi connectivity index (χ0) is 20.8. The van der Waals surface area contributed by atoms with Gasteiger partial charge in [0.1, 0.15) is 0 Å². The normalized spacial score (nSPS) is 14.7. The second-order valence-corrected chi connectivity index (χ2v) is 7.72. The minimum atomic E-state index is -0.276. The van der Waals surface area contributed by atoms with Crippen molar-refractivity contribution in [3.8, 4) is 0 Å². The van der Waals surface area contributed by atoms with E-state index in [-0.39, 0.29) is 36.5 Å². The molecule has 0 spiro atoms. The Morgan fingerprint density at radius 2 is 1.83 bits per heavy atom. The molecule has 1 N–H and O–H groups in total. The van der Waals surface area contributed by atoms with Crippen LogP contribution in [0.1, 0.15) is 58.8 Å². The molecule has 152 valence electrons. The number of aryl methyl sites for hydroxylation is 2. The molecule has 1 aliphatic rings. The van der Waals surface area contributed by atoms with E-state index in [4.69, 9.17) is 0 Å². The number of hydrogen-bond acceptors (Lipinski definition) is 3. The number of amides is 2. The van der Waals surface area contributed by atoms with Crippen LogP contribution in [-0.4, -0.2) is 35.6 Å². The second-order valence-electron chi connectivity index (χ2n) is 7.72. The van der Waals surface area contributed by atoms with Crippen molar-refractivity contribution in [2.45, 2.75) is 45.6 Å². The van der Waals surface area contributed by atoms with Gasteiger partial charge < -0.3 is 10.2 Å². The zero-order valence-electron chi connectivity index (χ0n) is 17.1. The minimum absolute atomic E-state index is 0.0210. The molecule has 29 heavy (non-hydrogen) atoms. The number of ketones is 1. The molecule has 3 rings (SSSR count). The van der Waals surface area contributed by atoms with Crippen molar-refractivity contribution in [2.75, 3.05) is 13.1 Å². The largest absolute Gasteiger partial charge is 0.347 e. The fourth-order valence-corrected chi connectivity index (χ4v) is 3.70. The average molecular weight is 392 g/mol. The summed E-state index contributed by atoms with van der Waals surface area (Å²) in [6, 6.07) is 15.2. The Balaban J connectivity index is 1.62. The van der Waals surface area contributed by atoms with Gasteiger partial charge in [0.05, 0.1) is 6.04 Å². The molecule has 1 atom stereocenters. The van der Waals surface area contributed by atoms with Crippen molar-refractivity contribution in [2.24, 2.45) is 0 Å². The molecule has 1 fully saturated rings. The van der Waals surface area contributed by atoms with Crippen LogP contribution in [0.3, 0.4) is 0 Å². The highest BCUT2D eigenvalue weighted by Crippen LogP contribution is 2.19. The van der Waals surface area contributed by atoms with Gasteiger partial charge >= 0.3 is 0 Å². The minimum Gasteiger partial charge on any atom is -0.347 e. The summed E-state index contributed by atoms with van der Waals surface area (Å²) in [6.45, 7) is 5.04. The third-order valence-electron chi connectivity index (χ3n) is 5.38. The molecule has 1 unspecified atom stereocenters. The fourth-order valence-electron chi connectivity index (χ4n) is 3.70. The number of carbonyl (C=O) groups is 3. The van der Waals surface area contributed by atoms with Crippen molar-refractivity contribution in [3.05, 3.63) is 70.8 Å². The van der Waals surface area contributed by atoms with Gasteiger partial charge in [-0.05, 0) is 37.5 Å². The molecule has 0 radical (unpaired) electrons. The van der Waals surface area contributed by atoms with E-state index in [1.54, 1.807) is 4.90 Å². The number of benzene rings is 2. The summed E-state index contributed by atoms with van der Waals surface area (Å²) in [4.78, 5) is 39.0. The van der Waals surface area contributed by atoms with E-state index in [0.29, 0.717) is 18.5 Å². The smallest absolute Gasteiger partial charge is 0.222 e. The zero-order valence-corrected chi connectivity index (χ0v) is 17.1. The molecule has 0 saturated carbocycles. The Hall–Kier alpha value is -2.95. The molecule has 2 aromatic carbocycles. The maximum Gasteiger partial charge on any atom is 0.222 e. The van der Waals surface area contributed by atoms with E-state index in [0.717, 1.165) is 29.7 Å². The Bertz CT molecular complexity index is 892. The van der Waals surface area contributed by atoms with Gasteiger partial charge in [-0.15, -0.1) is 0 Å². The van der Waals surface area contributed by atoms with Gasteiger partial charge in [-0.1, -0.05) is 48.0 Å². The first-order valence-corrected chi connectivity index (χ1v) is 10.2. The molecule has 2 amide bonds. The first-order chi connectivity index (χ1) is 13.9.